The molecule has 0 rings (SSSR count). The highest BCUT2D eigenvalue weighted by molar-refractivity contribution is 5.70. The van der Waals surface area contributed by atoms with Crippen LogP contribution >= 0.6 is 0 Å². The van der Waals surface area contributed by atoms with Crippen molar-refractivity contribution < 1.29 is 24.2 Å². The van der Waals surface area contributed by atoms with Crippen LogP contribution in [0.1, 0.15) is 136 Å². The first kappa shape index (κ1) is 38.6. The highest BCUT2D eigenvalue weighted by Crippen LogP contribution is 2.10. The fourth-order valence-electron chi connectivity index (χ4n) is 4.11. The van der Waals surface area contributed by atoms with Gasteiger partial charge in [0.2, 0.25) is 0 Å². The summed E-state index contributed by atoms with van der Waals surface area (Å²) in [5.74, 6) is -0.630. The minimum absolute atomic E-state index is 0.0767. The normalized spacial score (nSPS) is 13.0. The van der Waals surface area contributed by atoms with Crippen molar-refractivity contribution in [2.75, 3.05) is 13.2 Å². The molecule has 0 aromatic carbocycles. The van der Waals surface area contributed by atoms with Crippen LogP contribution in [0.2, 0.25) is 0 Å². The average Bonchev–Trinajstić information content (AvgIpc) is 2.97. The Balaban J connectivity index is 3.65. The van der Waals surface area contributed by atoms with Gasteiger partial charge in [-0.3, -0.25) is 9.59 Å². The maximum absolute atomic E-state index is 12.1. The molecule has 0 bridgehead atoms. The van der Waals surface area contributed by atoms with Gasteiger partial charge in [0, 0.05) is 12.8 Å². The lowest BCUT2D eigenvalue weighted by Gasteiger charge is -2.15. The van der Waals surface area contributed by atoms with Crippen LogP contribution < -0.4 is 0 Å². The number of esters is 2. The molecule has 5 nitrogen and oxygen atoms in total. The molecule has 0 saturated heterocycles. The zero-order valence-corrected chi connectivity index (χ0v) is 26.3. The average molecular weight is 573 g/mol. The topological polar surface area (TPSA) is 72.8 Å². The molecule has 0 spiro atoms. The van der Waals surface area contributed by atoms with Crippen molar-refractivity contribution in [1.82, 2.24) is 0 Å². The number of carbonyl (C=O) groups excluding carboxylic acids is 2. The van der Waals surface area contributed by atoms with E-state index in [9.17, 15) is 14.7 Å². The number of aliphatic hydroxyl groups is 1. The van der Waals surface area contributed by atoms with E-state index in [0.29, 0.717) is 12.8 Å². The van der Waals surface area contributed by atoms with Gasteiger partial charge in [0.1, 0.15) is 6.61 Å². The second-order valence-corrected chi connectivity index (χ2v) is 10.5. The first-order valence-electron chi connectivity index (χ1n) is 16.3. The van der Waals surface area contributed by atoms with Gasteiger partial charge in [-0.2, -0.15) is 0 Å². The number of hydrogen-bond acceptors (Lipinski definition) is 5. The minimum atomic E-state index is -0.778. The highest BCUT2D eigenvalue weighted by Gasteiger charge is 2.16. The molecule has 0 aliphatic heterocycles. The molecule has 0 amide bonds. The highest BCUT2D eigenvalue weighted by atomic mass is 16.6. The van der Waals surface area contributed by atoms with Gasteiger partial charge in [0.05, 0.1) is 6.61 Å². The van der Waals surface area contributed by atoms with Gasteiger partial charge >= 0.3 is 11.9 Å². The van der Waals surface area contributed by atoms with Gasteiger partial charge in [-0.25, -0.2) is 0 Å². The molecule has 234 valence electrons. The van der Waals surface area contributed by atoms with E-state index in [1.807, 2.05) is 0 Å². The van der Waals surface area contributed by atoms with E-state index in [4.69, 9.17) is 9.47 Å². The van der Waals surface area contributed by atoms with Gasteiger partial charge in [-0.15, -0.1) is 0 Å². The van der Waals surface area contributed by atoms with E-state index in [-0.39, 0.29) is 25.2 Å². The maximum Gasteiger partial charge on any atom is 0.306 e. The molecule has 5 heteroatoms. The van der Waals surface area contributed by atoms with E-state index in [1.54, 1.807) is 0 Å². The molecular weight excluding hydrogens is 512 g/mol. The Morgan fingerprint density at radius 3 is 1.59 bits per heavy atom. The molecule has 1 unspecified atom stereocenters. The van der Waals surface area contributed by atoms with Gasteiger partial charge in [-0.1, -0.05) is 126 Å². The molecule has 0 aliphatic rings. The number of aliphatic hydroxyl groups excluding tert-OH is 1. The number of carbonyl (C=O) groups is 2. The summed E-state index contributed by atoms with van der Waals surface area (Å²) in [6.45, 7) is 3.91. The molecule has 0 radical (unpaired) electrons. The second kappa shape index (κ2) is 32.1. The van der Waals surface area contributed by atoms with Crippen LogP contribution in [0.25, 0.3) is 0 Å². The quantitative estimate of drug-likeness (QED) is 0.0574. The lowest BCUT2D eigenvalue weighted by Crippen LogP contribution is -2.28. The number of allylic oxidation sites excluding steroid dienone is 10. The monoisotopic (exact) mass is 572 g/mol. The van der Waals surface area contributed by atoms with Crippen LogP contribution in [0.3, 0.4) is 0 Å². The van der Waals surface area contributed by atoms with Crippen LogP contribution in [-0.2, 0) is 19.1 Å². The first-order valence-corrected chi connectivity index (χ1v) is 16.3. The minimum Gasteiger partial charge on any atom is -0.462 e. The fraction of sp³-hybridized carbons (Fsp3) is 0.667. The Bertz CT molecular complexity index is 747. The van der Waals surface area contributed by atoms with Gasteiger partial charge < -0.3 is 14.6 Å². The Kier molecular flexibility index (Phi) is 30.2. The van der Waals surface area contributed by atoms with Crippen LogP contribution in [0, 0.1) is 0 Å². The fourth-order valence-corrected chi connectivity index (χ4v) is 4.11. The van der Waals surface area contributed by atoms with Crippen molar-refractivity contribution in [3.05, 3.63) is 60.8 Å². The molecule has 1 N–H and O–H groups in total. The molecule has 41 heavy (non-hydrogen) atoms. The van der Waals surface area contributed by atoms with Crippen LogP contribution in [-0.4, -0.2) is 36.4 Å². The van der Waals surface area contributed by atoms with Crippen molar-refractivity contribution in [3.63, 3.8) is 0 Å². The van der Waals surface area contributed by atoms with E-state index < -0.39 is 6.10 Å². The van der Waals surface area contributed by atoms with Gasteiger partial charge in [0.25, 0.3) is 0 Å². The molecule has 0 aromatic rings. The second-order valence-electron chi connectivity index (χ2n) is 10.5. The lowest BCUT2D eigenvalue weighted by molar-refractivity contribution is -0.161. The largest absolute Gasteiger partial charge is 0.462 e. The number of ether oxygens (including phenoxy) is 2. The summed E-state index contributed by atoms with van der Waals surface area (Å²) in [7, 11) is 0. The summed E-state index contributed by atoms with van der Waals surface area (Å²) >= 11 is 0. The molecular formula is C36H60O5. The van der Waals surface area contributed by atoms with Gasteiger partial charge in [-0.05, 0) is 57.8 Å². The Morgan fingerprint density at radius 2 is 1.05 bits per heavy atom. The Morgan fingerprint density at radius 1 is 0.585 bits per heavy atom. The van der Waals surface area contributed by atoms with E-state index in [1.165, 1.54) is 19.3 Å². The molecule has 0 heterocycles. The molecule has 0 fully saturated rings. The maximum atomic E-state index is 12.1. The third-order valence-electron chi connectivity index (χ3n) is 6.58. The zero-order chi connectivity index (χ0) is 30.1. The molecule has 0 aliphatic carbocycles. The summed E-state index contributed by atoms with van der Waals surface area (Å²) in [4.78, 5) is 23.9. The molecule has 0 saturated carbocycles. The first-order chi connectivity index (χ1) is 20.1. The standard InChI is InChI=1S/C36H60O5/c1-3-5-7-9-11-12-13-14-15-16-17-18-19-20-21-22-23-24-25-27-29-31-36(39)41-34(32-37)33-40-35(38)30-28-26-10-8-6-4-2/h5,7,11-12,14-15,17-18,20-21,34,37H,3-4,6,8-10,13,16,19,22-33H2,1-2H3/b7-5-,12-11-,15-14-,18-17-,21-20-. The van der Waals surface area contributed by atoms with E-state index in [0.717, 1.165) is 89.9 Å². The molecule has 1 atom stereocenters. The SMILES string of the molecule is CC/C=C\C/C=C\C/C=C\C/C=C\C/C=C\CCCCCCCC(=O)OC(CO)COC(=O)CCCCCCCC. The van der Waals surface area contributed by atoms with E-state index in [2.05, 4.69) is 74.6 Å². The zero-order valence-electron chi connectivity index (χ0n) is 26.3. The molecule has 0 aromatic heterocycles. The van der Waals surface area contributed by atoms with Crippen molar-refractivity contribution in [3.8, 4) is 0 Å². The van der Waals surface area contributed by atoms with Crippen molar-refractivity contribution >= 4 is 11.9 Å². The Hall–Kier alpha value is -2.40. The summed E-state index contributed by atoms with van der Waals surface area (Å²) < 4.78 is 10.5. The number of unbranched alkanes of at least 4 members (excludes halogenated alkanes) is 10. The summed E-state index contributed by atoms with van der Waals surface area (Å²) in [6.07, 6.45) is 40.1. The summed E-state index contributed by atoms with van der Waals surface area (Å²) in [6, 6.07) is 0. The Labute approximate surface area is 251 Å². The van der Waals surface area contributed by atoms with Crippen molar-refractivity contribution in [2.24, 2.45) is 0 Å². The van der Waals surface area contributed by atoms with Gasteiger partial charge in [0.15, 0.2) is 6.10 Å². The van der Waals surface area contributed by atoms with Crippen LogP contribution in [0.4, 0.5) is 0 Å². The lowest BCUT2D eigenvalue weighted by atomic mass is 10.1. The number of hydrogen-bond donors (Lipinski definition) is 1. The van der Waals surface area contributed by atoms with Crippen LogP contribution in [0.5, 0.6) is 0 Å². The van der Waals surface area contributed by atoms with E-state index >= 15 is 0 Å². The smallest absolute Gasteiger partial charge is 0.306 e. The van der Waals surface area contributed by atoms with Crippen molar-refractivity contribution in [2.45, 2.75) is 142 Å². The predicted molar refractivity (Wildman–Crippen MR) is 173 cm³/mol. The third kappa shape index (κ3) is 30.4. The summed E-state index contributed by atoms with van der Waals surface area (Å²) in [5.41, 5.74) is 0. The van der Waals surface area contributed by atoms with Crippen molar-refractivity contribution in [1.29, 1.82) is 0 Å². The van der Waals surface area contributed by atoms with Crippen LogP contribution in [0.15, 0.2) is 60.8 Å². The summed E-state index contributed by atoms with van der Waals surface area (Å²) in [5, 5.41) is 9.45. The predicted octanol–water partition coefficient (Wildman–Crippen LogP) is 9.67. The number of rotatable bonds is 28. The third-order valence-corrected chi connectivity index (χ3v) is 6.58.